The van der Waals surface area contributed by atoms with Crippen LogP contribution in [0.25, 0.3) is 0 Å². The van der Waals surface area contributed by atoms with Crippen LogP contribution < -0.4 is 10.6 Å². The third-order valence-electron chi connectivity index (χ3n) is 5.23. The maximum absolute atomic E-state index is 12.1. The smallest absolute Gasteiger partial charge is 0.350 e. The van der Waals surface area contributed by atoms with Crippen molar-refractivity contribution in [2.75, 3.05) is 26.2 Å². The van der Waals surface area contributed by atoms with Gasteiger partial charge in [-0.15, -0.1) is 0 Å². The Morgan fingerprint density at radius 3 is 1.45 bits per heavy atom. The highest BCUT2D eigenvalue weighted by Gasteiger charge is 2.37. The Labute approximate surface area is 192 Å². The molecule has 33 heavy (non-hydrogen) atoms. The van der Waals surface area contributed by atoms with Gasteiger partial charge in [0.25, 0.3) is 0 Å². The largest absolute Gasteiger partial charge is 0.432 e. The quantitative estimate of drug-likeness (QED) is 0.501. The van der Waals surface area contributed by atoms with Crippen LogP contribution in [0.15, 0.2) is 60.7 Å². The van der Waals surface area contributed by atoms with E-state index in [4.69, 9.17) is 8.57 Å². The van der Waals surface area contributed by atoms with Crippen molar-refractivity contribution in [3.63, 3.8) is 0 Å². The molecule has 11 heteroatoms. The average Bonchev–Trinajstić information content (AvgIpc) is 2.72. The van der Waals surface area contributed by atoms with E-state index >= 15 is 0 Å². The topological polar surface area (TPSA) is 117 Å². The number of hydrogen-bond donors (Lipinski definition) is 2. The molecule has 0 saturated carbocycles. The second-order valence-electron chi connectivity index (χ2n) is 8.10. The summed E-state index contributed by atoms with van der Waals surface area (Å²) in [4.78, 5) is 24.1. The lowest BCUT2D eigenvalue weighted by Gasteiger charge is -2.39. The lowest BCUT2D eigenvalue weighted by atomic mass is 10.1. The lowest BCUT2D eigenvalue weighted by Crippen LogP contribution is -2.61. The molecule has 0 spiro atoms. The molecule has 0 aliphatic carbocycles. The fraction of sp³-hybridized carbons (Fsp3) is 0.364. The minimum atomic E-state index is -4.28. The van der Waals surface area contributed by atoms with Crippen molar-refractivity contribution >= 4 is 22.2 Å². The van der Waals surface area contributed by atoms with Gasteiger partial charge in [-0.05, 0) is 11.1 Å². The van der Waals surface area contributed by atoms with Crippen LogP contribution >= 0.6 is 0 Å². The Hall–Kier alpha value is -2.83. The highest BCUT2D eigenvalue weighted by atomic mass is 32.3. The first-order chi connectivity index (χ1) is 15.8. The summed E-state index contributed by atoms with van der Waals surface area (Å²) in [5, 5.41) is 8.10. The Balaban J connectivity index is 1.10. The standard InChI is InChI=1S/C22H26N4O6S/c27-21(11-17-7-3-1-4-8-17)23-19-13-25(14-19)31-33(29,30)32-26-15-20(16-26)24-22(28)12-18-9-5-2-6-10-18/h1-10,19-20H,11-16H2,(H,23,27)(H,24,28). The van der Waals surface area contributed by atoms with Crippen molar-refractivity contribution in [1.29, 1.82) is 0 Å². The summed E-state index contributed by atoms with van der Waals surface area (Å²) in [6.45, 7) is 0.950. The van der Waals surface area contributed by atoms with Crippen LogP contribution in [0.2, 0.25) is 0 Å². The van der Waals surface area contributed by atoms with E-state index in [0.717, 1.165) is 11.1 Å². The van der Waals surface area contributed by atoms with E-state index in [-0.39, 0.29) is 62.9 Å². The highest BCUT2D eigenvalue weighted by molar-refractivity contribution is 7.81. The molecule has 10 nitrogen and oxygen atoms in total. The summed E-state index contributed by atoms with van der Waals surface area (Å²) in [7, 11) is -4.28. The van der Waals surface area contributed by atoms with Gasteiger partial charge in [0.15, 0.2) is 0 Å². The monoisotopic (exact) mass is 474 g/mol. The maximum atomic E-state index is 12.1. The summed E-state index contributed by atoms with van der Waals surface area (Å²) in [6.07, 6.45) is 0.523. The van der Waals surface area contributed by atoms with Crippen LogP contribution in [0.3, 0.4) is 0 Å². The summed E-state index contributed by atoms with van der Waals surface area (Å²) in [6, 6.07) is 18.3. The Kier molecular flexibility index (Phi) is 7.36. The van der Waals surface area contributed by atoms with Gasteiger partial charge in [-0.1, -0.05) is 60.7 Å². The number of nitrogens with one attached hydrogen (secondary N) is 2. The molecule has 0 atom stereocenters. The number of hydroxylamine groups is 4. The van der Waals surface area contributed by atoms with E-state index in [1.807, 2.05) is 60.7 Å². The average molecular weight is 475 g/mol. The predicted molar refractivity (Wildman–Crippen MR) is 118 cm³/mol. The van der Waals surface area contributed by atoms with Gasteiger partial charge in [0.1, 0.15) is 0 Å². The van der Waals surface area contributed by atoms with Gasteiger partial charge < -0.3 is 10.6 Å². The molecule has 0 bridgehead atoms. The lowest BCUT2D eigenvalue weighted by molar-refractivity contribution is -0.172. The number of carbonyl (C=O) groups excluding carboxylic acids is 2. The normalized spacial score (nSPS) is 17.7. The third kappa shape index (κ3) is 7.07. The van der Waals surface area contributed by atoms with Crippen LogP contribution in [0, 0.1) is 0 Å². The second-order valence-corrected chi connectivity index (χ2v) is 9.22. The van der Waals surface area contributed by atoms with Gasteiger partial charge in [-0.3, -0.25) is 9.59 Å². The van der Waals surface area contributed by atoms with E-state index in [1.54, 1.807) is 0 Å². The van der Waals surface area contributed by atoms with E-state index < -0.39 is 10.4 Å². The zero-order valence-electron chi connectivity index (χ0n) is 17.9. The minimum absolute atomic E-state index is 0.133. The van der Waals surface area contributed by atoms with Crippen LogP contribution in [-0.4, -0.2) is 68.6 Å². The predicted octanol–water partition coefficient (Wildman–Crippen LogP) is 0.181. The molecule has 2 fully saturated rings. The van der Waals surface area contributed by atoms with Crippen LogP contribution in [0.4, 0.5) is 0 Å². The molecule has 2 aromatic carbocycles. The molecule has 2 aliphatic heterocycles. The molecule has 0 aromatic heterocycles. The van der Waals surface area contributed by atoms with Crippen molar-refractivity contribution in [2.24, 2.45) is 0 Å². The van der Waals surface area contributed by atoms with Gasteiger partial charge in [0.2, 0.25) is 11.8 Å². The molecule has 2 aliphatic rings. The Morgan fingerprint density at radius 2 is 1.09 bits per heavy atom. The number of benzene rings is 2. The molecule has 0 unspecified atom stereocenters. The summed E-state index contributed by atoms with van der Waals surface area (Å²) < 4.78 is 34.0. The number of carbonyl (C=O) groups is 2. The Bertz CT molecular complexity index is 975. The number of nitrogens with zero attached hydrogens (tertiary/aromatic N) is 2. The SMILES string of the molecule is O=C(Cc1ccccc1)NC1CN(OS(=O)(=O)ON2CC(NC(=O)Cc3ccccc3)C2)C1. The fourth-order valence-corrected chi connectivity index (χ4v) is 4.36. The number of rotatable bonds is 10. The van der Waals surface area contributed by atoms with Gasteiger partial charge in [0.05, 0.1) is 24.9 Å². The van der Waals surface area contributed by atoms with Gasteiger partial charge in [-0.25, -0.2) is 0 Å². The molecule has 2 heterocycles. The first-order valence-electron chi connectivity index (χ1n) is 10.7. The molecule has 0 radical (unpaired) electrons. The van der Waals surface area contributed by atoms with Crippen molar-refractivity contribution in [3.8, 4) is 0 Å². The van der Waals surface area contributed by atoms with Crippen LogP contribution in [0.1, 0.15) is 11.1 Å². The van der Waals surface area contributed by atoms with Crippen molar-refractivity contribution in [3.05, 3.63) is 71.8 Å². The van der Waals surface area contributed by atoms with E-state index in [1.165, 1.54) is 10.1 Å². The first-order valence-corrected chi connectivity index (χ1v) is 12.0. The molecular formula is C22H26N4O6S. The Morgan fingerprint density at radius 1 is 0.727 bits per heavy atom. The molecule has 4 rings (SSSR count). The van der Waals surface area contributed by atoms with Crippen LogP contribution in [-0.2, 0) is 41.4 Å². The third-order valence-corrected chi connectivity index (χ3v) is 6.02. The number of amides is 2. The minimum Gasteiger partial charge on any atom is -0.350 e. The zero-order chi connectivity index (χ0) is 23.3. The second kappa shape index (κ2) is 10.4. The zero-order valence-corrected chi connectivity index (χ0v) is 18.7. The van der Waals surface area contributed by atoms with E-state index in [2.05, 4.69) is 10.6 Å². The van der Waals surface area contributed by atoms with Crippen LogP contribution in [0.5, 0.6) is 0 Å². The van der Waals surface area contributed by atoms with E-state index in [0.29, 0.717) is 0 Å². The number of hydrogen-bond acceptors (Lipinski definition) is 8. The van der Waals surface area contributed by atoms with Crippen molar-refractivity contribution in [1.82, 2.24) is 20.8 Å². The molecule has 2 saturated heterocycles. The molecule has 2 amide bonds. The first kappa shape index (κ1) is 23.3. The van der Waals surface area contributed by atoms with Gasteiger partial charge in [0, 0.05) is 26.2 Å². The highest BCUT2D eigenvalue weighted by Crippen LogP contribution is 2.17. The summed E-state index contributed by atoms with van der Waals surface area (Å²) >= 11 is 0. The molecular weight excluding hydrogens is 448 g/mol. The van der Waals surface area contributed by atoms with Crippen molar-refractivity contribution < 1.29 is 26.6 Å². The van der Waals surface area contributed by atoms with Gasteiger partial charge in [-0.2, -0.15) is 27.1 Å². The van der Waals surface area contributed by atoms with E-state index in [9.17, 15) is 18.0 Å². The van der Waals surface area contributed by atoms with Crippen molar-refractivity contribution in [2.45, 2.75) is 24.9 Å². The summed E-state index contributed by atoms with van der Waals surface area (Å²) in [5.74, 6) is -0.267. The molecule has 176 valence electrons. The fourth-order valence-electron chi connectivity index (χ4n) is 3.57. The van der Waals surface area contributed by atoms with Gasteiger partial charge >= 0.3 is 10.4 Å². The molecule has 2 N–H and O–H groups in total. The summed E-state index contributed by atoms with van der Waals surface area (Å²) in [5.41, 5.74) is 1.81. The molecule has 2 aromatic rings. The maximum Gasteiger partial charge on any atom is 0.432 e.